The van der Waals surface area contributed by atoms with Gasteiger partial charge in [0.2, 0.25) is 0 Å². The summed E-state index contributed by atoms with van der Waals surface area (Å²) in [6, 6.07) is 0.588. The van der Waals surface area contributed by atoms with Crippen LogP contribution in [0.3, 0.4) is 0 Å². The van der Waals surface area contributed by atoms with E-state index in [1.807, 2.05) is 0 Å². The lowest BCUT2D eigenvalue weighted by molar-refractivity contribution is 0.0723. The number of nitrogens with zero attached hydrogens (tertiary/aromatic N) is 1. The minimum atomic E-state index is 0.193. The van der Waals surface area contributed by atoms with E-state index in [1.54, 1.807) is 0 Å². The Balaban J connectivity index is 4.36. The smallest absolute Gasteiger partial charge is 0.0306 e. The second kappa shape index (κ2) is 7.24. The van der Waals surface area contributed by atoms with Crippen LogP contribution in [0.5, 0.6) is 0 Å². The van der Waals surface area contributed by atoms with Crippen LogP contribution in [-0.2, 0) is 0 Å². The molecule has 0 radical (unpaired) electrons. The van der Waals surface area contributed by atoms with Crippen molar-refractivity contribution in [3.8, 4) is 0 Å². The van der Waals surface area contributed by atoms with Crippen LogP contribution >= 0.6 is 0 Å². The van der Waals surface area contributed by atoms with Crippen LogP contribution in [0.2, 0.25) is 0 Å². The Bertz CT molecular complexity index is 157. The summed E-state index contributed by atoms with van der Waals surface area (Å²) in [6.07, 6.45) is 5.14. The van der Waals surface area contributed by atoms with E-state index in [2.05, 4.69) is 39.5 Å². The van der Waals surface area contributed by atoms with Crippen molar-refractivity contribution in [3.05, 3.63) is 0 Å². The largest absolute Gasteiger partial charge is 0.329 e. The average Bonchev–Trinajstić information content (AvgIpc) is 2.18. The van der Waals surface area contributed by atoms with Gasteiger partial charge >= 0.3 is 0 Å². The summed E-state index contributed by atoms with van der Waals surface area (Å²) in [5.74, 6) is 0. The maximum atomic E-state index is 5.96. The van der Waals surface area contributed by atoms with Crippen molar-refractivity contribution in [2.45, 2.75) is 71.9 Å². The van der Waals surface area contributed by atoms with Gasteiger partial charge in [-0.05, 0) is 33.7 Å². The van der Waals surface area contributed by atoms with E-state index < -0.39 is 0 Å². The third kappa shape index (κ3) is 4.52. The normalized spacial score (nSPS) is 16.0. The molecule has 0 heterocycles. The number of nitrogens with two attached hydrogens (primary N) is 1. The maximum absolute atomic E-state index is 5.96. The summed E-state index contributed by atoms with van der Waals surface area (Å²) in [6.45, 7) is 13.2. The highest BCUT2D eigenvalue weighted by atomic mass is 15.2. The zero-order valence-electron chi connectivity index (χ0n) is 11.3. The fraction of sp³-hybridized carbons (Fsp3) is 1.00. The molecule has 0 aromatic rings. The zero-order chi connectivity index (χ0) is 11.9. The molecule has 0 aliphatic carbocycles. The second-order valence-electron chi connectivity index (χ2n) is 5.04. The van der Waals surface area contributed by atoms with E-state index in [1.165, 1.54) is 25.7 Å². The molecule has 0 bridgehead atoms. The average molecular weight is 214 g/mol. The summed E-state index contributed by atoms with van der Waals surface area (Å²) in [5.41, 5.74) is 6.15. The first kappa shape index (κ1) is 14.9. The van der Waals surface area contributed by atoms with Crippen LogP contribution in [0.25, 0.3) is 0 Å². The molecule has 0 aromatic carbocycles. The molecule has 1 atom stereocenters. The molecule has 15 heavy (non-hydrogen) atoms. The van der Waals surface area contributed by atoms with Gasteiger partial charge < -0.3 is 5.73 Å². The van der Waals surface area contributed by atoms with Crippen molar-refractivity contribution in [2.24, 2.45) is 5.73 Å². The van der Waals surface area contributed by atoms with E-state index in [9.17, 15) is 0 Å². The van der Waals surface area contributed by atoms with Crippen molar-refractivity contribution >= 4 is 0 Å². The molecule has 0 saturated heterocycles. The SMILES string of the molecule is CCCCCC(C)(CN)N(CC)C(C)C. The highest BCUT2D eigenvalue weighted by Gasteiger charge is 2.30. The van der Waals surface area contributed by atoms with Crippen molar-refractivity contribution < 1.29 is 0 Å². The quantitative estimate of drug-likeness (QED) is 0.629. The molecule has 0 saturated carbocycles. The van der Waals surface area contributed by atoms with Gasteiger partial charge in [-0.1, -0.05) is 33.1 Å². The van der Waals surface area contributed by atoms with Gasteiger partial charge in [-0.3, -0.25) is 4.90 Å². The van der Waals surface area contributed by atoms with Gasteiger partial charge in [0, 0.05) is 18.1 Å². The van der Waals surface area contributed by atoms with Gasteiger partial charge in [-0.15, -0.1) is 0 Å². The molecule has 2 heteroatoms. The van der Waals surface area contributed by atoms with Crippen LogP contribution in [0, 0.1) is 0 Å². The third-order valence-electron chi connectivity index (χ3n) is 3.42. The van der Waals surface area contributed by atoms with Gasteiger partial charge in [-0.2, -0.15) is 0 Å². The van der Waals surface area contributed by atoms with Crippen molar-refractivity contribution in [2.75, 3.05) is 13.1 Å². The van der Waals surface area contributed by atoms with Crippen LogP contribution < -0.4 is 5.73 Å². The van der Waals surface area contributed by atoms with Crippen LogP contribution in [0.4, 0.5) is 0 Å². The second-order valence-corrected chi connectivity index (χ2v) is 5.04. The first-order valence-electron chi connectivity index (χ1n) is 6.48. The summed E-state index contributed by atoms with van der Waals surface area (Å²) in [5, 5.41) is 0. The van der Waals surface area contributed by atoms with Crippen molar-refractivity contribution in [1.82, 2.24) is 4.90 Å². The van der Waals surface area contributed by atoms with Gasteiger partial charge in [0.15, 0.2) is 0 Å². The summed E-state index contributed by atoms with van der Waals surface area (Å²) < 4.78 is 0. The summed E-state index contributed by atoms with van der Waals surface area (Å²) in [4.78, 5) is 2.53. The molecule has 0 aliphatic rings. The fourth-order valence-corrected chi connectivity index (χ4v) is 2.49. The molecule has 0 rings (SSSR count). The lowest BCUT2D eigenvalue weighted by atomic mass is 9.91. The van der Waals surface area contributed by atoms with E-state index in [4.69, 9.17) is 5.73 Å². The summed E-state index contributed by atoms with van der Waals surface area (Å²) >= 11 is 0. The Morgan fingerprint density at radius 1 is 1.20 bits per heavy atom. The molecular weight excluding hydrogens is 184 g/mol. The van der Waals surface area contributed by atoms with Crippen LogP contribution in [0.15, 0.2) is 0 Å². The Labute approximate surface area is 96.2 Å². The molecule has 0 amide bonds. The van der Waals surface area contributed by atoms with Gasteiger partial charge in [0.1, 0.15) is 0 Å². The predicted octanol–water partition coefficient (Wildman–Crippen LogP) is 3.01. The van der Waals surface area contributed by atoms with E-state index in [0.717, 1.165) is 13.1 Å². The molecule has 0 fully saturated rings. The van der Waals surface area contributed by atoms with Gasteiger partial charge in [0.05, 0.1) is 0 Å². The number of hydrogen-bond acceptors (Lipinski definition) is 2. The number of hydrogen-bond donors (Lipinski definition) is 1. The molecule has 92 valence electrons. The lowest BCUT2D eigenvalue weighted by Crippen LogP contribution is -2.54. The molecule has 0 spiro atoms. The minimum absolute atomic E-state index is 0.193. The maximum Gasteiger partial charge on any atom is 0.0306 e. The van der Waals surface area contributed by atoms with E-state index in [0.29, 0.717) is 6.04 Å². The highest BCUT2D eigenvalue weighted by molar-refractivity contribution is 4.88. The molecular formula is C13H30N2. The molecule has 1 unspecified atom stereocenters. The van der Waals surface area contributed by atoms with E-state index in [-0.39, 0.29) is 5.54 Å². The third-order valence-corrected chi connectivity index (χ3v) is 3.42. The molecule has 0 aliphatic heterocycles. The molecule has 0 aromatic heterocycles. The Kier molecular flexibility index (Phi) is 7.20. The number of likely N-dealkylation sites (N-methyl/N-ethyl adjacent to an activating group) is 1. The molecule has 2 N–H and O–H groups in total. The first-order valence-corrected chi connectivity index (χ1v) is 6.48. The highest BCUT2D eigenvalue weighted by Crippen LogP contribution is 2.23. The van der Waals surface area contributed by atoms with Crippen molar-refractivity contribution in [1.29, 1.82) is 0 Å². The van der Waals surface area contributed by atoms with E-state index >= 15 is 0 Å². The topological polar surface area (TPSA) is 29.3 Å². The van der Waals surface area contributed by atoms with Crippen LogP contribution in [0.1, 0.15) is 60.3 Å². The van der Waals surface area contributed by atoms with Gasteiger partial charge in [-0.25, -0.2) is 0 Å². The number of unbranched alkanes of at least 4 members (excludes halogenated alkanes) is 2. The fourth-order valence-electron chi connectivity index (χ4n) is 2.49. The zero-order valence-corrected chi connectivity index (χ0v) is 11.3. The minimum Gasteiger partial charge on any atom is -0.329 e. The summed E-state index contributed by atoms with van der Waals surface area (Å²) in [7, 11) is 0. The first-order chi connectivity index (χ1) is 7.01. The number of rotatable bonds is 8. The Morgan fingerprint density at radius 2 is 1.80 bits per heavy atom. The van der Waals surface area contributed by atoms with Gasteiger partial charge in [0.25, 0.3) is 0 Å². The molecule has 2 nitrogen and oxygen atoms in total. The van der Waals surface area contributed by atoms with Crippen molar-refractivity contribution in [3.63, 3.8) is 0 Å². The van der Waals surface area contributed by atoms with Crippen LogP contribution in [-0.4, -0.2) is 29.6 Å². The lowest BCUT2D eigenvalue weighted by Gasteiger charge is -2.43. The Morgan fingerprint density at radius 3 is 2.13 bits per heavy atom. The standard InChI is InChI=1S/C13H30N2/c1-6-8-9-10-13(5,11-14)15(7-2)12(3)4/h12H,6-11,14H2,1-5H3. The monoisotopic (exact) mass is 214 g/mol. The predicted molar refractivity (Wildman–Crippen MR) is 69.1 cm³/mol. The Hall–Kier alpha value is -0.0800.